The van der Waals surface area contributed by atoms with E-state index in [4.69, 9.17) is 5.73 Å². The Hall–Kier alpha value is -0.900. The van der Waals surface area contributed by atoms with Crippen LogP contribution in [-0.2, 0) is 6.42 Å². The zero-order chi connectivity index (χ0) is 11.0. The summed E-state index contributed by atoms with van der Waals surface area (Å²) in [5, 5.41) is 8.36. The summed E-state index contributed by atoms with van der Waals surface area (Å²) >= 11 is 0. The molecule has 1 aromatic rings. The summed E-state index contributed by atoms with van der Waals surface area (Å²) in [4.78, 5) is 0. The van der Waals surface area contributed by atoms with Gasteiger partial charge in [-0.25, -0.2) is 0 Å². The second-order valence-electron chi connectivity index (χ2n) is 5.39. The van der Waals surface area contributed by atoms with Crippen LogP contribution in [0.4, 0.5) is 0 Å². The van der Waals surface area contributed by atoms with Gasteiger partial charge in [0.1, 0.15) is 12.2 Å². The van der Waals surface area contributed by atoms with Crippen LogP contribution < -0.4 is 5.73 Å². The van der Waals surface area contributed by atoms with Gasteiger partial charge in [0.15, 0.2) is 0 Å². The van der Waals surface area contributed by atoms with E-state index in [0.717, 1.165) is 25.2 Å². The van der Waals surface area contributed by atoms with E-state index in [1.807, 2.05) is 6.33 Å². The van der Waals surface area contributed by atoms with Gasteiger partial charge in [-0.3, -0.25) is 0 Å². The van der Waals surface area contributed by atoms with Crippen molar-refractivity contribution >= 4 is 0 Å². The molecule has 88 valence electrons. The molecule has 0 aliphatic heterocycles. The predicted molar refractivity (Wildman–Crippen MR) is 61.9 cm³/mol. The average Bonchev–Trinajstić information content (AvgIpc) is 2.83. The van der Waals surface area contributed by atoms with Crippen molar-refractivity contribution in [2.45, 2.75) is 57.0 Å². The molecule has 4 heteroatoms. The van der Waals surface area contributed by atoms with Crippen molar-refractivity contribution in [2.75, 3.05) is 0 Å². The maximum Gasteiger partial charge on any atom is 0.133 e. The van der Waals surface area contributed by atoms with Crippen LogP contribution in [0, 0.1) is 5.92 Å². The molecular formula is C12H20N4. The van der Waals surface area contributed by atoms with Gasteiger partial charge in [0, 0.05) is 18.5 Å². The highest BCUT2D eigenvalue weighted by Gasteiger charge is 2.28. The van der Waals surface area contributed by atoms with E-state index < -0.39 is 0 Å². The summed E-state index contributed by atoms with van der Waals surface area (Å²) in [6, 6.07) is 1.10. The van der Waals surface area contributed by atoms with Crippen LogP contribution in [0.3, 0.4) is 0 Å². The second-order valence-corrected chi connectivity index (χ2v) is 5.39. The van der Waals surface area contributed by atoms with Gasteiger partial charge in [-0.2, -0.15) is 0 Å². The van der Waals surface area contributed by atoms with E-state index in [-0.39, 0.29) is 0 Å². The lowest BCUT2D eigenvalue weighted by Gasteiger charge is -2.32. The summed E-state index contributed by atoms with van der Waals surface area (Å²) in [5.41, 5.74) is 5.82. The van der Waals surface area contributed by atoms with Crippen LogP contribution in [0.25, 0.3) is 0 Å². The van der Waals surface area contributed by atoms with E-state index in [0.29, 0.717) is 12.1 Å². The van der Waals surface area contributed by atoms with Crippen molar-refractivity contribution in [3.05, 3.63) is 12.2 Å². The van der Waals surface area contributed by atoms with Crippen molar-refractivity contribution in [1.82, 2.24) is 14.8 Å². The van der Waals surface area contributed by atoms with E-state index in [9.17, 15) is 0 Å². The first-order valence-corrected chi connectivity index (χ1v) is 6.47. The van der Waals surface area contributed by atoms with Gasteiger partial charge in [-0.05, 0) is 31.6 Å². The standard InChI is InChI=1S/C12H20N4/c13-10-5-9(6-10)7-12-15-14-8-16(12)11-3-1-2-4-11/h8-11H,1-7,13H2. The summed E-state index contributed by atoms with van der Waals surface area (Å²) in [7, 11) is 0. The van der Waals surface area contributed by atoms with Gasteiger partial charge < -0.3 is 10.3 Å². The molecule has 0 amide bonds. The normalized spacial score (nSPS) is 30.6. The third-order valence-corrected chi connectivity index (χ3v) is 4.11. The highest BCUT2D eigenvalue weighted by molar-refractivity contribution is 4.96. The molecule has 3 rings (SSSR count). The topological polar surface area (TPSA) is 56.7 Å². The van der Waals surface area contributed by atoms with Crippen LogP contribution in [-0.4, -0.2) is 20.8 Å². The van der Waals surface area contributed by atoms with Gasteiger partial charge in [0.05, 0.1) is 0 Å². The van der Waals surface area contributed by atoms with Crippen LogP contribution in [0.1, 0.15) is 50.4 Å². The molecule has 2 aliphatic carbocycles. The molecule has 1 heterocycles. The fourth-order valence-corrected chi connectivity index (χ4v) is 3.11. The van der Waals surface area contributed by atoms with Crippen LogP contribution in [0.2, 0.25) is 0 Å². The number of nitrogens with zero attached hydrogens (tertiary/aromatic N) is 3. The Balaban J connectivity index is 1.67. The Bertz CT molecular complexity index is 348. The Labute approximate surface area is 96.2 Å². The van der Waals surface area contributed by atoms with Crippen LogP contribution in [0.5, 0.6) is 0 Å². The molecule has 0 bridgehead atoms. The maximum atomic E-state index is 5.82. The smallest absolute Gasteiger partial charge is 0.133 e. The molecule has 16 heavy (non-hydrogen) atoms. The quantitative estimate of drug-likeness (QED) is 0.843. The zero-order valence-corrected chi connectivity index (χ0v) is 9.68. The molecule has 0 spiro atoms. The molecule has 2 saturated carbocycles. The average molecular weight is 220 g/mol. The molecule has 1 aromatic heterocycles. The van der Waals surface area contributed by atoms with E-state index in [1.54, 1.807) is 0 Å². The molecule has 2 aliphatic rings. The minimum Gasteiger partial charge on any atom is -0.328 e. The summed E-state index contributed by atoms with van der Waals surface area (Å²) in [6.07, 6.45) is 10.6. The van der Waals surface area contributed by atoms with E-state index >= 15 is 0 Å². The summed E-state index contributed by atoms with van der Waals surface area (Å²) < 4.78 is 2.32. The molecule has 2 N–H and O–H groups in total. The molecule has 0 atom stereocenters. The molecule has 4 nitrogen and oxygen atoms in total. The monoisotopic (exact) mass is 220 g/mol. The number of nitrogens with two attached hydrogens (primary N) is 1. The summed E-state index contributed by atoms with van der Waals surface area (Å²) in [6.45, 7) is 0. The Kier molecular flexibility index (Phi) is 2.67. The Morgan fingerprint density at radius 2 is 2.06 bits per heavy atom. The van der Waals surface area contributed by atoms with Gasteiger partial charge in [-0.15, -0.1) is 10.2 Å². The van der Waals surface area contributed by atoms with Crippen molar-refractivity contribution in [3.63, 3.8) is 0 Å². The first kappa shape index (κ1) is 10.3. The molecule has 0 aromatic carbocycles. The van der Waals surface area contributed by atoms with Crippen molar-refractivity contribution in [1.29, 1.82) is 0 Å². The van der Waals surface area contributed by atoms with Crippen molar-refractivity contribution in [2.24, 2.45) is 11.7 Å². The lowest BCUT2D eigenvalue weighted by Crippen LogP contribution is -2.37. The van der Waals surface area contributed by atoms with Gasteiger partial charge in [0.2, 0.25) is 0 Å². The Morgan fingerprint density at radius 1 is 1.31 bits per heavy atom. The third-order valence-electron chi connectivity index (χ3n) is 4.11. The first-order valence-electron chi connectivity index (χ1n) is 6.47. The van der Waals surface area contributed by atoms with E-state index in [2.05, 4.69) is 14.8 Å². The number of aromatic nitrogens is 3. The lowest BCUT2D eigenvalue weighted by atomic mass is 9.78. The highest BCUT2D eigenvalue weighted by atomic mass is 15.3. The lowest BCUT2D eigenvalue weighted by molar-refractivity contribution is 0.256. The van der Waals surface area contributed by atoms with Crippen LogP contribution >= 0.6 is 0 Å². The van der Waals surface area contributed by atoms with Crippen molar-refractivity contribution in [3.8, 4) is 0 Å². The van der Waals surface area contributed by atoms with E-state index in [1.165, 1.54) is 31.5 Å². The zero-order valence-electron chi connectivity index (χ0n) is 9.68. The largest absolute Gasteiger partial charge is 0.328 e. The van der Waals surface area contributed by atoms with Crippen molar-refractivity contribution < 1.29 is 0 Å². The molecule has 0 saturated heterocycles. The fraction of sp³-hybridized carbons (Fsp3) is 0.833. The maximum absolute atomic E-state index is 5.82. The number of rotatable bonds is 3. The van der Waals surface area contributed by atoms with Gasteiger partial charge in [0.25, 0.3) is 0 Å². The minimum absolute atomic E-state index is 0.438. The molecule has 0 unspecified atom stereocenters. The molecule has 2 fully saturated rings. The summed E-state index contributed by atoms with van der Waals surface area (Å²) in [5.74, 6) is 1.93. The predicted octanol–water partition coefficient (Wildman–Crippen LogP) is 1.67. The number of hydrogen-bond acceptors (Lipinski definition) is 3. The molecular weight excluding hydrogens is 200 g/mol. The van der Waals surface area contributed by atoms with Crippen LogP contribution in [0.15, 0.2) is 6.33 Å². The molecule has 0 radical (unpaired) electrons. The highest BCUT2D eigenvalue weighted by Crippen LogP contribution is 2.33. The fourth-order valence-electron chi connectivity index (χ4n) is 3.11. The SMILES string of the molecule is NC1CC(Cc2nncn2C2CCCC2)C1. The third kappa shape index (κ3) is 1.86. The first-order chi connectivity index (χ1) is 7.83. The van der Waals surface area contributed by atoms with Gasteiger partial charge >= 0.3 is 0 Å². The minimum atomic E-state index is 0.438. The Morgan fingerprint density at radius 3 is 2.75 bits per heavy atom. The second kappa shape index (κ2) is 4.17. The number of hydrogen-bond donors (Lipinski definition) is 1. The van der Waals surface area contributed by atoms with Gasteiger partial charge in [-0.1, -0.05) is 12.8 Å².